The van der Waals surface area contributed by atoms with Gasteiger partial charge in [-0.15, -0.1) is 0 Å². The molecule has 3 heteroatoms. The van der Waals surface area contributed by atoms with Crippen molar-refractivity contribution in [3.05, 3.63) is 176 Å². The van der Waals surface area contributed by atoms with Crippen LogP contribution in [0.3, 0.4) is 0 Å². The van der Waals surface area contributed by atoms with Crippen molar-refractivity contribution in [2.45, 2.75) is 0 Å². The Bertz CT molecular complexity index is 2870. The van der Waals surface area contributed by atoms with Gasteiger partial charge in [-0.2, -0.15) is 0 Å². The number of para-hydroxylation sites is 4. The Hall–Kier alpha value is -6.58. The molecule has 0 saturated heterocycles. The van der Waals surface area contributed by atoms with Gasteiger partial charge in [0.05, 0.1) is 22.2 Å². The largest absolute Gasteiger partial charge is 0.292 e. The second-order valence-electron chi connectivity index (χ2n) is 12.6. The van der Waals surface area contributed by atoms with Crippen LogP contribution in [-0.2, 0) is 0 Å². The Morgan fingerprint density at radius 3 is 1.96 bits per heavy atom. The average molecular weight is 624 g/mol. The molecular weight excluding hydrogens is 595 g/mol. The summed E-state index contributed by atoms with van der Waals surface area (Å²) >= 11 is 0. The van der Waals surface area contributed by atoms with Crippen LogP contribution in [0.2, 0.25) is 0 Å². The first-order valence-corrected chi connectivity index (χ1v) is 16.7. The van der Waals surface area contributed by atoms with Crippen molar-refractivity contribution in [1.82, 2.24) is 14.5 Å². The van der Waals surface area contributed by atoms with E-state index < -0.39 is 0 Å². The fraction of sp³-hybridized carbons (Fsp3) is 0. The topological polar surface area (TPSA) is 30.7 Å². The van der Waals surface area contributed by atoms with E-state index in [4.69, 9.17) is 9.97 Å². The van der Waals surface area contributed by atoms with Gasteiger partial charge < -0.3 is 0 Å². The number of pyridine rings is 1. The number of hydrogen-bond donors (Lipinski definition) is 0. The number of benzene rings is 8. The molecule has 0 N–H and O–H groups in total. The molecule has 0 amide bonds. The number of nitrogens with zero attached hydrogens (tertiary/aromatic N) is 3. The lowest BCUT2D eigenvalue weighted by Crippen LogP contribution is -1.97. The van der Waals surface area contributed by atoms with Crippen molar-refractivity contribution in [1.29, 1.82) is 0 Å². The normalized spacial score (nSPS) is 11.7. The van der Waals surface area contributed by atoms with Crippen LogP contribution >= 0.6 is 0 Å². The van der Waals surface area contributed by atoms with E-state index in [9.17, 15) is 0 Å². The van der Waals surface area contributed by atoms with Crippen molar-refractivity contribution < 1.29 is 0 Å². The van der Waals surface area contributed by atoms with Crippen molar-refractivity contribution in [3.8, 4) is 39.5 Å². The first kappa shape index (κ1) is 27.5. The lowest BCUT2D eigenvalue weighted by atomic mass is 9.92. The Balaban J connectivity index is 1.19. The van der Waals surface area contributed by atoms with Gasteiger partial charge in [-0.3, -0.25) is 4.57 Å². The molecule has 228 valence electrons. The molecule has 0 fully saturated rings. The van der Waals surface area contributed by atoms with E-state index in [1.54, 1.807) is 0 Å². The highest BCUT2D eigenvalue weighted by Gasteiger charge is 2.18. The monoisotopic (exact) mass is 623 g/mol. The van der Waals surface area contributed by atoms with Crippen LogP contribution in [0.4, 0.5) is 0 Å². The van der Waals surface area contributed by atoms with Gasteiger partial charge in [-0.1, -0.05) is 146 Å². The third-order valence-corrected chi connectivity index (χ3v) is 9.77. The fourth-order valence-corrected chi connectivity index (χ4v) is 7.44. The molecule has 2 aromatic heterocycles. The third kappa shape index (κ3) is 4.44. The molecule has 0 radical (unpaired) electrons. The minimum atomic E-state index is 0.922. The summed E-state index contributed by atoms with van der Waals surface area (Å²) < 4.78 is 2.25. The maximum atomic E-state index is 5.51. The molecule has 0 saturated carbocycles. The zero-order valence-electron chi connectivity index (χ0n) is 26.6. The van der Waals surface area contributed by atoms with Gasteiger partial charge in [0.2, 0.25) is 0 Å². The minimum absolute atomic E-state index is 0.922. The van der Waals surface area contributed by atoms with E-state index in [1.807, 2.05) is 12.1 Å². The second-order valence-corrected chi connectivity index (χ2v) is 12.6. The summed E-state index contributed by atoms with van der Waals surface area (Å²) in [4.78, 5) is 10.6. The van der Waals surface area contributed by atoms with E-state index in [-0.39, 0.29) is 0 Å². The van der Waals surface area contributed by atoms with Crippen molar-refractivity contribution in [3.63, 3.8) is 0 Å². The van der Waals surface area contributed by atoms with Crippen LogP contribution in [-0.4, -0.2) is 14.5 Å². The summed E-state index contributed by atoms with van der Waals surface area (Å²) in [5.41, 5.74) is 9.56. The van der Waals surface area contributed by atoms with Gasteiger partial charge >= 0.3 is 0 Å². The van der Waals surface area contributed by atoms with Gasteiger partial charge in [-0.25, -0.2) is 9.97 Å². The zero-order chi connectivity index (χ0) is 32.3. The SMILES string of the molecule is c1ccc(-n2c(-c3ccc(-c4cccc5c4nc(-c4ccc6ccccc6c4)c4ccc6ccccc6c45)cc3)nc3ccccc32)cc1. The van der Waals surface area contributed by atoms with E-state index in [0.717, 1.165) is 66.8 Å². The summed E-state index contributed by atoms with van der Waals surface area (Å²) in [7, 11) is 0. The van der Waals surface area contributed by atoms with E-state index >= 15 is 0 Å². The molecule has 49 heavy (non-hydrogen) atoms. The summed E-state index contributed by atoms with van der Waals surface area (Å²) in [5, 5.41) is 8.45. The van der Waals surface area contributed by atoms with Gasteiger partial charge in [0.15, 0.2) is 0 Å². The number of fused-ring (bicyclic) bond motifs is 7. The predicted molar refractivity (Wildman–Crippen MR) is 205 cm³/mol. The van der Waals surface area contributed by atoms with Crippen molar-refractivity contribution in [2.24, 2.45) is 0 Å². The summed E-state index contributed by atoms with van der Waals surface area (Å²) in [6, 6.07) is 62.5. The molecule has 0 spiro atoms. The lowest BCUT2D eigenvalue weighted by molar-refractivity contribution is 1.10. The molecule has 0 aliphatic carbocycles. The maximum absolute atomic E-state index is 5.51. The average Bonchev–Trinajstić information content (AvgIpc) is 3.57. The fourth-order valence-electron chi connectivity index (χ4n) is 7.44. The molecule has 0 aliphatic rings. The number of hydrogen-bond acceptors (Lipinski definition) is 2. The molecular formula is C46H29N3. The summed E-state index contributed by atoms with van der Waals surface area (Å²) in [6.07, 6.45) is 0. The smallest absolute Gasteiger partial charge is 0.145 e. The first-order chi connectivity index (χ1) is 24.3. The molecule has 8 aromatic carbocycles. The van der Waals surface area contributed by atoms with Crippen LogP contribution in [0.5, 0.6) is 0 Å². The third-order valence-electron chi connectivity index (χ3n) is 9.77. The maximum Gasteiger partial charge on any atom is 0.145 e. The van der Waals surface area contributed by atoms with Crippen LogP contribution in [0.25, 0.3) is 93.7 Å². The van der Waals surface area contributed by atoms with E-state index in [1.165, 1.54) is 26.9 Å². The number of rotatable bonds is 4. The van der Waals surface area contributed by atoms with E-state index in [0.29, 0.717) is 0 Å². The minimum Gasteiger partial charge on any atom is -0.292 e. The van der Waals surface area contributed by atoms with Crippen LogP contribution in [0, 0.1) is 0 Å². The van der Waals surface area contributed by atoms with Crippen molar-refractivity contribution >= 4 is 54.3 Å². The van der Waals surface area contributed by atoms with Gasteiger partial charge in [0.25, 0.3) is 0 Å². The van der Waals surface area contributed by atoms with Gasteiger partial charge in [0, 0.05) is 38.5 Å². The molecule has 0 bridgehead atoms. The Morgan fingerprint density at radius 1 is 0.408 bits per heavy atom. The predicted octanol–water partition coefficient (Wildman–Crippen LogP) is 12.0. The van der Waals surface area contributed by atoms with Gasteiger partial charge in [-0.05, 0) is 57.4 Å². The molecule has 0 unspecified atom stereocenters. The number of aromatic nitrogens is 3. The van der Waals surface area contributed by atoms with Crippen LogP contribution in [0.1, 0.15) is 0 Å². The molecule has 10 rings (SSSR count). The molecule has 2 heterocycles. The summed E-state index contributed by atoms with van der Waals surface area (Å²) in [5.74, 6) is 0.922. The van der Waals surface area contributed by atoms with E-state index in [2.05, 4.69) is 168 Å². The molecule has 10 aromatic rings. The van der Waals surface area contributed by atoms with Crippen molar-refractivity contribution in [2.75, 3.05) is 0 Å². The standard InChI is InChI=1S/C46H29N3/c1-2-14-36(15-3-1)49-42-20-9-8-19-41(42)47-46(49)33-24-22-32(23-25-33)38-17-10-18-39-43-37-16-7-6-12-31(37)27-28-40(43)44(48-45(38)39)35-26-21-30-11-4-5-13-34(30)29-35/h1-29H. The highest BCUT2D eigenvalue weighted by atomic mass is 15.1. The summed E-state index contributed by atoms with van der Waals surface area (Å²) in [6.45, 7) is 0. The Morgan fingerprint density at radius 2 is 1.08 bits per heavy atom. The van der Waals surface area contributed by atoms with Gasteiger partial charge in [0.1, 0.15) is 5.82 Å². The second kappa shape index (κ2) is 11.0. The Labute approximate surface area is 283 Å². The highest BCUT2D eigenvalue weighted by molar-refractivity contribution is 6.24. The van der Waals surface area contributed by atoms with Crippen LogP contribution < -0.4 is 0 Å². The highest BCUT2D eigenvalue weighted by Crippen LogP contribution is 2.41. The number of imidazole rings is 1. The van der Waals surface area contributed by atoms with Crippen LogP contribution in [0.15, 0.2) is 176 Å². The molecule has 0 atom stereocenters. The lowest BCUT2D eigenvalue weighted by Gasteiger charge is -2.16. The zero-order valence-corrected chi connectivity index (χ0v) is 26.6. The molecule has 0 aliphatic heterocycles. The quantitative estimate of drug-likeness (QED) is 0.183. The first-order valence-electron chi connectivity index (χ1n) is 16.7. The molecule has 3 nitrogen and oxygen atoms in total. The Kier molecular flexibility index (Phi) is 6.18.